The van der Waals surface area contributed by atoms with Gasteiger partial charge in [-0.2, -0.15) is 18.3 Å². The third-order valence-corrected chi connectivity index (χ3v) is 6.87. The summed E-state index contributed by atoms with van der Waals surface area (Å²) in [7, 11) is -3.73. The minimum absolute atomic E-state index is 0.0182. The summed E-state index contributed by atoms with van der Waals surface area (Å²) in [6.45, 7) is 0.208. The van der Waals surface area contributed by atoms with Crippen molar-refractivity contribution in [3.8, 4) is 0 Å². The Bertz CT molecular complexity index is 1190. The molecule has 1 N–H and O–H groups in total. The summed E-state index contributed by atoms with van der Waals surface area (Å²) >= 11 is 5.95. The van der Waals surface area contributed by atoms with Crippen LogP contribution in [0.15, 0.2) is 47.4 Å². The average Bonchev–Trinajstić information content (AvgIpc) is 3.47. The molecule has 1 saturated carbocycles. The maximum Gasteiger partial charge on any atom is 0.436 e. The molecule has 0 unspecified atom stereocenters. The van der Waals surface area contributed by atoms with E-state index in [4.69, 9.17) is 11.6 Å². The van der Waals surface area contributed by atoms with E-state index in [0.717, 1.165) is 23.6 Å². The third-order valence-electron chi connectivity index (χ3n) is 5.03. The maximum atomic E-state index is 13.1. The molecule has 1 heterocycles. The molecule has 0 aliphatic heterocycles. The van der Waals surface area contributed by atoms with Crippen LogP contribution in [-0.2, 0) is 22.7 Å². The second-order valence-corrected chi connectivity index (χ2v) is 9.45. The third kappa shape index (κ3) is 4.33. The molecule has 0 radical (unpaired) electrons. The number of hydrogen-bond donors (Lipinski definition) is 1. The molecule has 1 aliphatic rings. The molecule has 0 bridgehead atoms. The zero-order chi connectivity index (χ0) is 21.5. The van der Waals surface area contributed by atoms with Crippen molar-refractivity contribution >= 4 is 32.4 Å². The van der Waals surface area contributed by atoms with Gasteiger partial charge in [-0.1, -0.05) is 41.9 Å². The average molecular weight is 458 g/mol. The highest BCUT2D eigenvalue weighted by Crippen LogP contribution is 2.46. The van der Waals surface area contributed by atoms with Gasteiger partial charge in [-0.05, 0) is 42.2 Å². The maximum absolute atomic E-state index is 13.1. The Balaban J connectivity index is 1.43. The number of aromatic nitrogens is 2. The van der Waals surface area contributed by atoms with Crippen LogP contribution in [0.4, 0.5) is 13.2 Å². The van der Waals surface area contributed by atoms with Gasteiger partial charge in [-0.25, -0.2) is 13.1 Å². The van der Waals surface area contributed by atoms with Crippen molar-refractivity contribution < 1.29 is 21.6 Å². The SMILES string of the molecule is O=S(=O)(NCCCn1nc(C(F)(F)F)c(Cl)c1C1CC1)c1ccc2ccccc2c1. The second-order valence-electron chi connectivity index (χ2n) is 7.30. The number of halogens is 4. The van der Waals surface area contributed by atoms with Gasteiger partial charge in [-0.15, -0.1) is 0 Å². The summed E-state index contributed by atoms with van der Waals surface area (Å²) in [5, 5.41) is 5.04. The van der Waals surface area contributed by atoms with Crippen molar-refractivity contribution in [2.45, 2.75) is 42.8 Å². The highest BCUT2D eigenvalue weighted by Gasteiger charge is 2.41. The molecule has 160 valence electrons. The Morgan fingerprint density at radius 2 is 1.83 bits per heavy atom. The van der Waals surface area contributed by atoms with Crippen molar-refractivity contribution in [2.24, 2.45) is 0 Å². The Morgan fingerprint density at radius 1 is 1.13 bits per heavy atom. The van der Waals surface area contributed by atoms with Gasteiger partial charge in [0.1, 0.15) is 0 Å². The van der Waals surface area contributed by atoms with Gasteiger partial charge >= 0.3 is 6.18 Å². The molecule has 5 nitrogen and oxygen atoms in total. The Labute approximate surface area is 176 Å². The lowest BCUT2D eigenvalue weighted by Crippen LogP contribution is -2.25. The summed E-state index contributed by atoms with van der Waals surface area (Å²) in [4.78, 5) is 0.140. The van der Waals surface area contributed by atoms with Crippen LogP contribution in [0.5, 0.6) is 0 Å². The molecule has 4 rings (SSSR count). The van der Waals surface area contributed by atoms with Crippen molar-refractivity contribution in [1.82, 2.24) is 14.5 Å². The van der Waals surface area contributed by atoms with E-state index in [1.165, 1.54) is 10.7 Å². The van der Waals surface area contributed by atoms with E-state index in [9.17, 15) is 21.6 Å². The minimum Gasteiger partial charge on any atom is -0.267 e. The molecule has 1 aliphatic carbocycles. The summed E-state index contributed by atoms with van der Waals surface area (Å²) in [5.74, 6) is -0.0182. The van der Waals surface area contributed by atoms with Gasteiger partial charge in [0.15, 0.2) is 5.69 Å². The van der Waals surface area contributed by atoms with Crippen LogP contribution < -0.4 is 4.72 Å². The topological polar surface area (TPSA) is 64.0 Å². The van der Waals surface area contributed by atoms with Gasteiger partial charge in [0, 0.05) is 19.0 Å². The summed E-state index contributed by atoms with van der Waals surface area (Å²) in [6, 6.07) is 12.3. The van der Waals surface area contributed by atoms with E-state index in [-0.39, 0.29) is 35.3 Å². The second kappa shape index (κ2) is 7.86. The number of fused-ring (bicyclic) bond motifs is 1. The molecule has 3 aromatic rings. The number of hydrogen-bond acceptors (Lipinski definition) is 3. The van der Waals surface area contributed by atoms with Gasteiger partial charge in [0.05, 0.1) is 15.6 Å². The molecular weight excluding hydrogens is 439 g/mol. The predicted molar refractivity (Wildman–Crippen MR) is 108 cm³/mol. The first kappa shape index (κ1) is 21.1. The normalized spacial score (nSPS) is 15.1. The first-order valence-electron chi connectivity index (χ1n) is 9.49. The summed E-state index contributed by atoms with van der Waals surface area (Å²) in [5.41, 5.74) is -0.691. The molecule has 2 aromatic carbocycles. The van der Waals surface area contributed by atoms with E-state index >= 15 is 0 Å². The van der Waals surface area contributed by atoms with E-state index < -0.39 is 21.9 Å². The van der Waals surface area contributed by atoms with Gasteiger partial charge in [0.2, 0.25) is 10.0 Å². The first-order chi connectivity index (χ1) is 14.2. The van der Waals surface area contributed by atoms with Gasteiger partial charge < -0.3 is 0 Å². The number of alkyl halides is 3. The van der Waals surface area contributed by atoms with Crippen LogP contribution in [0.3, 0.4) is 0 Å². The standard InChI is InChI=1S/C20H19ClF3N3O2S/c21-17-18(14-6-7-14)27(26-19(17)20(22,23)24)11-3-10-25-30(28,29)16-9-8-13-4-1-2-5-15(13)12-16/h1-2,4-5,8-9,12,14,25H,3,6-7,10-11H2. The number of nitrogens with one attached hydrogen (secondary N) is 1. The van der Waals surface area contributed by atoms with Crippen LogP contribution in [-0.4, -0.2) is 24.7 Å². The van der Waals surface area contributed by atoms with E-state index in [1.807, 2.05) is 24.3 Å². The smallest absolute Gasteiger partial charge is 0.267 e. The zero-order valence-electron chi connectivity index (χ0n) is 15.8. The van der Waals surface area contributed by atoms with E-state index in [1.54, 1.807) is 12.1 Å². The Hall–Kier alpha value is -2.10. The Kier molecular flexibility index (Phi) is 5.54. The quantitative estimate of drug-likeness (QED) is 0.510. The minimum atomic E-state index is -4.62. The number of benzene rings is 2. The van der Waals surface area contributed by atoms with Crippen molar-refractivity contribution in [3.05, 3.63) is 58.9 Å². The van der Waals surface area contributed by atoms with Gasteiger partial charge in [0.25, 0.3) is 0 Å². The monoisotopic (exact) mass is 457 g/mol. The highest BCUT2D eigenvalue weighted by molar-refractivity contribution is 7.89. The molecule has 10 heteroatoms. The molecule has 1 fully saturated rings. The lowest BCUT2D eigenvalue weighted by molar-refractivity contribution is -0.141. The summed E-state index contributed by atoms with van der Waals surface area (Å²) < 4.78 is 68.2. The van der Waals surface area contributed by atoms with Crippen molar-refractivity contribution in [1.29, 1.82) is 0 Å². The fraction of sp³-hybridized carbons (Fsp3) is 0.350. The number of aryl methyl sites for hydroxylation is 1. The van der Waals surface area contributed by atoms with Crippen molar-refractivity contribution in [2.75, 3.05) is 6.54 Å². The number of sulfonamides is 1. The van der Waals surface area contributed by atoms with Crippen LogP contribution in [0.2, 0.25) is 5.02 Å². The fourth-order valence-electron chi connectivity index (χ4n) is 3.40. The van der Waals surface area contributed by atoms with Crippen LogP contribution >= 0.6 is 11.6 Å². The van der Waals surface area contributed by atoms with Crippen LogP contribution in [0.25, 0.3) is 10.8 Å². The molecular formula is C20H19ClF3N3O2S. The largest absolute Gasteiger partial charge is 0.436 e. The lowest BCUT2D eigenvalue weighted by Gasteiger charge is -2.09. The van der Waals surface area contributed by atoms with E-state index in [0.29, 0.717) is 5.69 Å². The first-order valence-corrected chi connectivity index (χ1v) is 11.3. The molecule has 1 aromatic heterocycles. The van der Waals surface area contributed by atoms with Gasteiger partial charge in [-0.3, -0.25) is 4.68 Å². The zero-order valence-corrected chi connectivity index (χ0v) is 17.4. The molecule has 0 saturated heterocycles. The summed E-state index contributed by atoms with van der Waals surface area (Å²) in [6.07, 6.45) is -2.79. The fourth-order valence-corrected chi connectivity index (χ4v) is 4.91. The van der Waals surface area contributed by atoms with Crippen LogP contribution in [0, 0.1) is 0 Å². The molecule has 0 amide bonds. The highest BCUT2D eigenvalue weighted by atomic mass is 35.5. The molecule has 0 atom stereocenters. The molecule has 0 spiro atoms. The Morgan fingerprint density at radius 3 is 2.50 bits per heavy atom. The van der Waals surface area contributed by atoms with E-state index in [2.05, 4.69) is 9.82 Å². The lowest BCUT2D eigenvalue weighted by atomic mass is 10.1. The predicted octanol–water partition coefficient (Wildman–Crippen LogP) is 4.95. The number of rotatable bonds is 7. The molecule has 30 heavy (non-hydrogen) atoms. The van der Waals surface area contributed by atoms with Crippen LogP contribution in [0.1, 0.15) is 36.6 Å². The van der Waals surface area contributed by atoms with Crippen molar-refractivity contribution in [3.63, 3.8) is 0 Å². The number of nitrogens with zero attached hydrogens (tertiary/aromatic N) is 2.